The van der Waals surface area contributed by atoms with Crippen molar-refractivity contribution in [1.82, 2.24) is 5.32 Å². The average Bonchev–Trinajstić information content (AvgIpc) is 2.23. The summed E-state index contributed by atoms with van der Waals surface area (Å²) in [5.74, 6) is 0. The van der Waals surface area contributed by atoms with E-state index in [1.807, 2.05) is 19.1 Å². The molecule has 0 saturated heterocycles. The molecule has 0 unspecified atom stereocenters. The van der Waals surface area contributed by atoms with E-state index in [1.165, 1.54) is 5.56 Å². The smallest absolute Gasteiger partial charge is 0.0438 e. The summed E-state index contributed by atoms with van der Waals surface area (Å²) in [5, 5.41) is 12.7. The number of unbranched alkanes of at least 4 members (excludes halogenated alkanes) is 1. The summed E-state index contributed by atoms with van der Waals surface area (Å²) in [6.45, 7) is 4.05. The number of aliphatic hydroxyl groups excluding tert-OH is 1. The molecule has 0 aliphatic carbocycles. The molecule has 2 N–H and O–H groups in total. The van der Waals surface area contributed by atoms with Gasteiger partial charge < -0.3 is 10.4 Å². The van der Waals surface area contributed by atoms with Gasteiger partial charge in [-0.2, -0.15) is 0 Å². The monoisotopic (exact) mass is 227 g/mol. The Morgan fingerprint density at radius 1 is 1.33 bits per heavy atom. The van der Waals surface area contributed by atoms with Crippen LogP contribution in [0.4, 0.5) is 0 Å². The maximum Gasteiger partial charge on any atom is 0.0438 e. The van der Waals surface area contributed by atoms with E-state index in [0.717, 1.165) is 36.5 Å². The molecule has 1 aromatic carbocycles. The summed E-state index contributed by atoms with van der Waals surface area (Å²) in [7, 11) is 0. The number of nitrogens with one attached hydrogen (secondary N) is 1. The second-order valence-corrected chi connectivity index (χ2v) is 4.10. The summed E-state index contributed by atoms with van der Waals surface area (Å²) in [5.41, 5.74) is 2.32. The fourth-order valence-electron chi connectivity index (χ4n) is 1.34. The molecule has 0 aliphatic rings. The van der Waals surface area contributed by atoms with Crippen LogP contribution in [0.3, 0.4) is 0 Å². The van der Waals surface area contributed by atoms with Gasteiger partial charge in [0.1, 0.15) is 0 Å². The van der Waals surface area contributed by atoms with Gasteiger partial charge in [0.25, 0.3) is 0 Å². The number of hydrogen-bond donors (Lipinski definition) is 2. The Morgan fingerprint density at radius 3 is 2.80 bits per heavy atom. The minimum absolute atomic E-state index is 0.276. The lowest BCUT2D eigenvalue weighted by Gasteiger charge is -2.06. The largest absolute Gasteiger partial charge is 0.396 e. The lowest BCUT2D eigenvalue weighted by atomic mass is 10.1. The molecule has 15 heavy (non-hydrogen) atoms. The first-order valence-electron chi connectivity index (χ1n) is 5.30. The van der Waals surface area contributed by atoms with Crippen LogP contribution >= 0.6 is 11.6 Å². The van der Waals surface area contributed by atoms with Gasteiger partial charge in [-0.05, 0) is 43.5 Å². The van der Waals surface area contributed by atoms with Crippen LogP contribution in [0.15, 0.2) is 18.2 Å². The maximum absolute atomic E-state index is 8.60. The fourth-order valence-corrected chi connectivity index (χ4v) is 1.54. The molecule has 3 heteroatoms. The van der Waals surface area contributed by atoms with Crippen molar-refractivity contribution in [3.05, 3.63) is 34.3 Å². The first-order valence-corrected chi connectivity index (χ1v) is 5.68. The highest BCUT2D eigenvalue weighted by Crippen LogP contribution is 2.16. The average molecular weight is 228 g/mol. The van der Waals surface area contributed by atoms with E-state index in [9.17, 15) is 0 Å². The van der Waals surface area contributed by atoms with E-state index in [2.05, 4.69) is 11.4 Å². The van der Waals surface area contributed by atoms with Crippen LogP contribution in [0.2, 0.25) is 5.02 Å². The number of aryl methyl sites for hydroxylation is 1. The number of halogens is 1. The summed E-state index contributed by atoms with van der Waals surface area (Å²) in [6, 6.07) is 6.11. The van der Waals surface area contributed by atoms with Crippen LogP contribution in [0.25, 0.3) is 0 Å². The van der Waals surface area contributed by atoms with Gasteiger partial charge in [-0.3, -0.25) is 0 Å². The van der Waals surface area contributed by atoms with E-state index >= 15 is 0 Å². The van der Waals surface area contributed by atoms with Gasteiger partial charge in [0.2, 0.25) is 0 Å². The van der Waals surface area contributed by atoms with Gasteiger partial charge in [0.15, 0.2) is 0 Å². The summed E-state index contributed by atoms with van der Waals surface area (Å²) < 4.78 is 0. The molecule has 1 aromatic rings. The number of hydrogen-bond acceptors (Lipinski definition) is 2. The number of aliphatic hydroxyl groups is 1. The molecule has 0 aliphatic heterocycles. The van der Waals surface area contributed by atoms with Crippen molar-refractivity contribution in [3.8, 4) is 0 Å². The second kappa shape index (κ2) is 6.83. The standard InChI is InChI=1S/C12H18ClNO/c1-10-4-5-11(8-12(10)13)9-14-6-2-3-7-15/h4-5,8,14-15H,2-3,6-7,9H2,1H3. The van der Waals surface area contributed by atoms with Crippen LogP contribution in [0.5, 0.6) is 0 Å². The van der Waals surface area contributed by atoms with Gasteiger partial charge in [0.05, 0.1) is 0 Å². The normalized spacial score (nSPS) is 10.6. The quantitative estimate of drug-likeness (QED) is 0.732. The van der Waals surface area contributed by atoms with Crippen LogP contribution < -0.4 is 5.32 Å². The zero-order chi connectivity index (χ0) is 11.1. The molecule has 0 atom stereocenters. The lowest BCUT2D eigenvalue weighted by Crippen LogP contribution is -2.14. The molecular weight excluding hydrogens is 210 g/mol. The Hall–Kier alpha value is -0.570. The Labute approximate surface area is 96.3 Å². The van der Waals surface area contributed by atoms with Crippen molar-refractivity contribution in [1.29, 1.82) is 0 Å². The van der Waals surface area contributed by atoms with E-state index < -0.39 is 0 Å². The fraction of sp³-hybridized carbons (Fsp3) is 0.500. The van der Waals surface area contributed by atoms with Crippen molar-refractivity contribution in [3.63, 3.8) is 0 Å². The third kappa shape index (κ3) is 4.65. The second-order valence-electron chi connectivity index (χ2n) is 3.69. The maximum atomic E-state index is 8.60. The van der Waals surface area contributed by atoms with Crippen molar-refractivity contribution in [2.24, 2.45) is 0 Å². The van der Waals surface area contributed by atoms with E-state index in [4.69, 9.17) is 16.7 Å². The van der Waals surface area contributed by atoms with Crippen LogP contribution in [0.1, 0.15) is 24.0 Å². The highest BCUT2D eigenvalue weighted by atomic mass is 35.5. The SMILES string of the molecule is Cc1ccc(CNCCCCO)cc1Cl. The lowest BCUT2D eigenvalue weighted by molar-refractivity contribution is 0.283. The Bertz CT molecular complexity index is 302. The Balaban J connectivity index is 2.28. The molecule has 0 aromatic heterocycles. The van der Waals surface area contributed by atoms with E-state index in [1.54, 1.807) is 0 Å². The third-order valence-corrected chi connectivity index (χ3v) is 2.73. The van der Waals surface area contributed by atoms with Crippen LogP contribution in [0, 0.1) is 6.92 Å². The van der Waals surface area contributed by atoms with Crippen molar-refractivity contribution >= 4 is 11.6 Å². The molecule has 84 valence electrons. The van der Waals surface area contributed by atoms with Gasteiger partial charge in [-0.15, -0.1) is 0 Å². The molecule has 0 heterocycles. The Kier molecular flexibility index (Phi) is 5.69. The first-order chi connectivity index (χ1) is 7.24. The van der Waals surface area contributed by atoms with Crippen molar-refractivity contribution in [2.75, 3.05) is 13.2 Å². The molecule has 0 amide bonds. The topological polar surface area (TPSA) is 32.3 Å². The highest BCUT2D eigenvalue weighted by Gasteiger charge is 1.97. The molecule has 0 spiro atoms. The van der Waals surface area contributed by atoms with Crippen LogP contribution in [-0.4, -0.2) is 18.3 Å². The molecule has 0 radical (unpaired) electrons. The Morgan fingerprint density at radius 2 is 2.13 bits per heavy atom. The van der Waals surface area contributed by atoms with Gasteiger partial charge >= 0.3 is 0 Å². The first kappa shape index (κ1) is 12.5. The molecule has 0 fully saturated rings. The third-order valence-electron chi connectivity index (χ3n) is 2.33. The zero-order valence-corrected chi connectivity index (χ0v) is 9.85. The molecule has 0 saturated carbocycles. The predicted octanol–water partition coefficient (Wildman–Crippen LogP) is 2.51. The minimum atomic E-state index is 0.276. The predicted molar refractivity (Wildman–Crippen MR) is 64.2 cm³/mol. The number of rotatable bonds is 6. The van der Waals surface area contributed by atoms with Crippen molar-refractivity contribution in [2.45, 2.75) is 26.3 Å². The summed E-state index contributed by atoms with van der Waals surface area (Å²) in [4.78, 5) is 0. The molecular formula is C12H18ClNO. The molecule has 0 bridgehead atoms. The van der Waals surface area contributed by atoms with Crippen LogP contribution in [-0.2, 0) is 6.54 Å². The number of benzene rings is 1. The summed E-state index contributed by atoms with van der Waals surface area (Å²) in [6.07, 6.45) is 1.87. The highest BCUT2D eigenvalue weighted by molar-refractivity contribution is 6.31. The zero-order valence-electron chi connectivity index (χ0n) is 9.09. The minimum Gasteiger partial charge on any atom is -0.396 e. The van der Waals surface area contributed by atoms with E-state index in [-0.39, 0.29) is 6.61 Å². The molecule has 2 nitrogen and oxygen atoms in total. The molecule has 1 rings (SSSR count). The van der Waals surface area contributed by atoms with E-state index in [0.29, 0.717) is 0 Å². The van der Waals surface area contributed by atoms with Crippen molar-refractivity contribution < 1.29 is 5.11 Å². The van der Waals surface area contributed by atoms with Gasteiger partial charge in [0, 0.05) is 18.2 Å². The summed E-state index contributed by atoms with van der Waals surface area (Å²) >= 11 is 6.02. The van der Waals surface area contributed by atoms with Gasteiger partial charge in [-0.1, -0.05) is 23.7 Å². The van der Waals surface area contributed by atoms with Gasteiger partial charge in [-0.25, -0.2) is 0 Å².